The Morgan fingerprint density at radius 1 is 1.22 bits per heavy atom. The van der Waals surface area contributed by atoms with Crippen LogP contribution in [0, 0.1) is 5.82 Å². The van der Waals surface area contributed by atoms with E-state index < -0.39 is 12.1 Å². The second-order valence-corrected chi connectivity index (χ2v) is 6.73. The number of rotatable bonds is 9. The van der Waals surface area contributed by atoms with Crippen LogP contribution in [0.15, 0.2) is 48.5 Å². The first-order chi connectivity index (χ1) is 13.1. The number of nitrogens with zero attached hydrogens (tertiary/aromatic N) is 1. The normalized spacial score (nSPS) is 14.8. The minimum atomic E-state index is -0.697. The van der Waals surface area contributed by atoms with Gasteiger partial charge in [-0.1, -0.05) is 18.2 Å². The zero-order valence-electron chi connectivity index (χ0n) is 15.3. The van der Waals surface area contributed by atoms with Crippen LogP contribution in [0.4, 0.5) is 4.39 Å². The lowest BCUT2D eigenvalue weighted by Gasteiger charge is -2.25. The molecule has 0 amide bonds. The summed E-state index contributed by atoms with van der Waals surface area (Å²) >= 11 is 0. The molecule has 0 aliphatic heterocycles. The van der Waals surface area contributed by atoms with Gasteiger partial charge in [-0.05, 0) is 43.2 Å². The SMILES string of the molecule is COC(=O)c1ccc(OCC(O)CN(Cc2ccccc2F)C2CC2)cc1. The maximum atomic E-state index is 13.9. The van der Waals surface area contributed by atoms with E-state index in [1.54, 1.807) is 36.4 Å². The Bertz CT molecular complexity index is 761. The Hall–Kier alpha value is -2.44. The van der Waals surface area contributed by atoms with Crippen molar-refractivity contribution >= 4 is 5.97 Å². The Morgan fingerprint density at radius 2 is 1.93 bits per heavy atom. The smallest absolute Gasteiger partial charge is 0.337 e. The molecule has 144 valence electrons. The van der Waals surface area contributed by atoms with E-state index in [2.05, 4.69) is 9.64 Å². The molecule has 1 aliphatic rings. The Labute approximate surface area is 158 Å². The highest BCUT2D eigenvalue weighted by molar-refractivity contribution is 5.89. The molecule has 1 N–H and O–H groups in total. The van der Waals surface area contributed by atoms with E-state index in [1.165, 1.54) is 13.2 Å². The second kappa shape index (κ2) is 8.97. The molecule has 0 heterocycles. The maximum absolute atomic E-state index is 13.9. The van der Waals surface area contributed by atoms with Crippen molar-refractivity contribution in [3.63, 3.8) is 0 Å². The predicted molar refractivity (Wildman–Crippen MR) is 99.1 cm³/mol. The summed E-state index contributed by atoms with van der Waals surface area (Å²) < 4.78 is 24.2. The highest BCUT2D eigenvalue weighted by Gasteiger charge is 2.30. The van der Waals surface area contributed by atoms with Crippen LogP contribution < -0.4 is 4.74 Å². The van der Waals surface area contributed by atoms with Gasteiger partial charge in [0.05, 0.1) is 12.7 Å². The predicted octanol–water partition coefficient (Wildman–Crippen LogP) is 3.02. The van der Waals surface area contributed by atoms with E-state index in [-0.39, 0.29) is 12.4 Å². The van der Waals surface area contributed by atoms with Crippen molar-refractivity contribution in [1.29, 1.82) is 0 Å². The van der Waals surface area contributed by atoms with Gasteiger partial charge in [0.2, 0.25) is 0 Å². The molecule has 1 aliphatic carbocycles. The van der Waals surface area contributed by atoms with Crippen LogP contribution in [0.1, 0.15) is 28.8 Å². The van der Waals surface area contributed by atoms with E-state index >= 15 is 0 Å². The Balaban J connectivity index is 1.52. The van der Waals surface area contributed by atoms with E-state index in [0.29, 0.717) is 36.0 Å². The average molecular weight is 373 g/mol. The quantitative estimate of drug-likeness (QED) is 0.685. The van der Waals surface area contributed by atoms with E-state index in [1.807, 2.05) is 6.07 Å². The number of carbonyl (C=O) groups is 1. The number of esters is 1. The number of ether oxygens (including phenoxy) is 2. The lowest BCUT2D eigenvalue weighted by molar-refractivity contribution is 0.0596. The summed E-state index contributed by atoms with van der Waals surface area (Å²) in [5.41, 5.74) is 1.08. The molecular weight excluding hydrogens is 349 g/mol. The number of halogens is 1. The minimum Gasteiger partial charge on any atom is -0.491 e. The van der Waals surface area contributed by atoms with Crippen LogP contribution in [0.2, 0.25) is 0 Å². The van der Waals surface area contributed by atoms with Gasteiger partial charge in [0.25, 0.3) is 0 Å². The molecule has 1 fully saturated rings. The molecule has 0 radical (unpaired) electrons. The van der Waals surface area contributed by atoms with Crippen molar-refractivity contribution in [2.45, 2.75) is 31.5 Å². The van der Waals surface area contributed by atoms with Crippen molar-refractivity contribution < 1.29 is 23.8 Å². The number of hydrogen-bond donors (Lipinski definition) is 1. The number of aliphatic hydroxyl groups excluding tert-OH is 1. The van der Waals surface area contributed by atoms with E-state index in [0.717, 1.165) is 12.8 Å². The fourth-order valence-corrected chi connectivity index (χ4v) is 2.95. The lowest BCUT2D eigenvalue weighted by Crippen LogP contribution is -2.37. The summed E-state index contributed by atoms with van der Waals surface area (Å²) in [5, 5.41) is 10.4. The first-order valence-corrected chi connectivity index (χ1v) is 9.03. The maximum Gasteiger partial charge on any atom is 0.337 e. The average Bonchev–Trinajstić information content (AvgIpc) is 3.52. The summed E-state index contributed by atoms with van der Waals surface area (Å²) in [6.07, 6.45) is 1.44. The fraction of sp³-hybridized carbons (Fsp3) is 0.381. The highest BCUT2D eigenvalue weighted by atomic mass is 19.1. The number of methoxy groups -OCH3 is 1. The summed E-state index contributed by atoms with van der Waals surface area (Å²) in [6, 6.07) is 13.7. The van der Waals surface area contributed by atoms with Crippen LogP contribution >= 0.6 is 0 Å². The van der Waals surface area contributed by atoms with Crippen molar-refractivity contribution in [1.82, 2.24) is 4.90 Å². The number of aliphatic hydroxyl groups is 1. The molecule has 0 saturated heterocycles. The van der Waals surface area contributed by atoms with Gasteiger partial charge in [-0.3, -0.25) is 4.90 Å². The molecule has 1 saturated carbocycles. The molecule has 6 heteroatoms. The lowest BCUT2D eigenvalue weighted by atomic mass is 10.2. The summed E-state index contributed by atoms with van der Waals surface area (Å²) in [5.74, 6) is -0.0665. The molecule has 1 unspecified atom stereocenters. The first-order valence-electron chi connectivity index (χ1n) is 9.03. The third-order valence-electron chi connectivity index (χ3n) is 4.56. The van der Waals surface area contributed by atoms with Crippen molar-refractivity contribution in [3.8, 4) is 5.75 Å². The molecule has 0 aromatic heterocycles. The second-order valence-electron chi connectivity index (χ2n) is 6.73. The summed E-state index contributed by atoms with van der Waals surface area (Å²) in [7, 11) is 1.33. The molecule has 27 heavy (non-hydrogen) atoms. The number of carbonyl (C=O) groups excluding carboxylic acids is 1. The Kier molecular flexibility index (Phi) is 6.42. The monoisotopic (exact) mass is 373 g/mol. The third-order valence-corrected chi connectivity index (χ3v) is 4.56. The van der Waals surface area contributed by atoms with Gasteiger partial charge >= 0.3 is 5.97 Å². The Morgan fingerprint density at radius 3 is 2.56 bits per heavy atom. The van der Waals surface area contributed by atoms with Gasteiger partial charge in [0.1, 0.15) is 24.3 Å². The highest BCUT2D eigenvalue weighted by Crippen LogP contribution is 2.29. The molecule has 1 atom stereocenters. The minimum absolute atomic E-state index is 0.123. The van der Waals surface area contributed by atoms with Crippen molar-refractivity contribution in [3.05, 3.63) is 65.5 Å². The standard InChI is InChI=1S/C21H24FNO4/c1-26-21(25)15-6-10-19(11-7-15)27-14-18(24)13-23(17-8-9-17)12-16-4-2-3-5-20(16)22/h2-7,10-11,17-18,24H,8-9,12-14H2,1H3. The van der Waals surface area contributed by atoms with Crippen LogP contribution in [-0.4, -0.2) is 48.4 Å². The van der Waals surface area contributed by atoms with Crippen LogP contribution in [0.25, 0.3) is 0 Å². The topological polar surface area (TPSA) is 59.0 Å². The zero-order valence-corrected chi connectivity index (χ0v) is 15.3. The molecule has 2 aromatic carbocycles. The largest absolute Gasteiger partial charge is 0.491 e. The molecular formula is C21H24FNO4. The van der Waals surface area contributed by atoms with Gasteiger partial charge in [0.15, 0.2) is 0 Å². The van der Waals surface area contributed by atoms with Gasteiger partial charge in [-0.15, -0.1) is 0 Å². The van der Waals surface area contributed by atoms with Gasteiger partial charge in [-0.2, -0.15) is 0 Å². The van der Waals surface area contributed by atoms with E-state index in [9.17, 15) is 14.3 Å². The number of hydrogen-bond acceptors (Lipinski definition) is 5. The van der Waals surface area contributed by atoms with Gasteiger partial charge in [0, 0.05) is 24.7 Å². The van der Waals surface area contributed by atoms with Gasteiger partial charge < -0.3 is 14.6 Å². The third kappa shape index (κ3) is 5.52. The van der Waals surface area contributed by atoms with Crippen LogP contribution in [0.3, 0.4) is 0 Å². The van der Waals surface area contributed by atoms with Crippen LogP contribution in [0.5, 0.6) is 5.75 Å². The van der Waals surface area contributed by atoms with Crippen LogP contribution in [-0.2, 0) is 11.3 Å². The summed E-state index contributed by atoms with van der Waals surface area (Å²) in [4.78, 5) is 13.5. The van der Waals surface area contributed by atoms with Gasteiger partial charge in [-0.25, -0.2) is 9.18 Å². The van der Waals surface area contributed by atoms with Crippen molar-refractivity contribution in [2.24, 2.45) is 0 Å². The molecule has 0 spiro atoms. The molecule has 2 aromatic rings. The molecule has 5 nitrogen and oxygen atoms in total. The molecule has 3 rings (SSSR count). The summed E-state index contributed by atoms with van der Waals surface area (Å²) in [6.45, 7) is 1.01. The number of benzene rings is 2. The zero-order chi connectivity index (χ0) is 19.2. The van der Waals surface area contributed by atoms with Crippen molar-refractivity contribution in [2.75, 3.05) is 20.3 Å². The first kappa shape index (κ1) is 19.3. The molecule has 0 bridgehead atoms. The van der Waals surface area contributed by atoms with E-state index in [4.69, 9.17) is 4.74 Å². The fourth-order valence-electron chi connectivity index (χ4n) is 2.95.